The van der Waals surface area contributed by atoms with Gasteiger partial charge in [-0.2, -0.15) is 0 Å². The first kappa shape index (κ1) is 22.9. The third kappa shape index (κ3) is 17.2. The first-order chi connectivity index (χ1) is 10.7. The predicted octanol–water partition coefficient (Wildman–Crippen LogP) is 7.18. The van der Waals surface area contributed by atoms with E-state index in [0.717, 1.165) is 0 Å². The van der Waals surface area contributed by atoms with E-state index in [0.29, 0.717) is 22.9 Å². The molecule has 0 aromatic rings. The average molecular weight is 444 g/mol. The van der Waals surface area contributed by atoms with E-state index >= 15 is 0 Å². The van der Waals surface area contributed by atoms with Gasteiger partial charge in [0.2, 0.25) is 0 Å². The van der Waals surface area contributed by atoms with Gasteiger partial charge in [-0.25, -0.2) is 9.78 Å². The van der Waals surface area contributed by atoms with Gasteiger partial charge in [-0.15, -0.1) is 0 Å². The fourth-order valence-corrected chi connectivity index (χ4v) is 3.21. The van der Waals surface area contributed by atoms with Crippen molar-refractivity contribution in [1.82, 2.24) is 0 Å². The largest absolute Gasteiger partial charge is 0.236 e. The summed E-state index contributed by atoms with van der Waals surface area (Å²) in [6.07, 6.45) is 15.6. The molecule has 134 valence electrons. The van der Waals surface area contributed by atoms with Crippen LogP contribution in [0.15, 0.2) is 0 Å². The number of unbranched alkanes of at least 4 members (excludes halogenated alkanes) is 8. The van der Waals surface area contributed by atoms with E-state index in [1.807, 2.05) is 0 Å². The van der Waals surface area contributed by atoms with Crippen molar-refractivity contribution in [2.24, 2.45) is 0 Å². The van der Waals surface area contributed by atoms with Crippen molar-refractivity contribution < 1.29 is 9.78 Å². The van der Waals surface area contributed by atoms with E-state index in [-0.39, 0.29) is 0 Å². The highest BCUT2D eigenvalue weighted by atomic mass is 79.9. The Bertz CT molecular complexity index is 193. The lowest BCUT2D eigenvalue weighted by atomic mass is 10.1. The summed E-state index contributed by atoms with van der Waals surface area (Å²) in [5.41, 5.74) is 0. The molecule has 4 heteroatoms. The van der Waals surface area contributed by atoms with Gasteiger partial charge in [0.1, 0.15) is 0 Å². The molecule has 22 heavy (non-hydrogen) atoms. The number of hydrogen-bond acceptors (Lipinski definition) is 2. The minimum absolute atomic E-state index is 0.414. The van der Waals surface area contributed by atoms with Crippen LogP contribution in [0.5, 0.6) is 0 Å². The first-order valence-electron chi connectivity index (χ1n) is 9.23. The highest BCUT2D eigenvalue weighted by molar-refractivity contribution is 9.09. The van der Waals surface area contributed by atoms with Crippen molar-refractivity contribution in [3.8, 4) is 0 Å². The van der Waals surface area contributed by atoms with Gasteiger partial charge in [0.15, 0.2) is 0 Å². The van der Waals surface area contributed by atoms with E-state index in [9.17, 15) is 0 Å². The number of alkyl halides is 2. The van der Waals surface area contributed by atoms with E-state index in [4.69, 9.17) is 9.78 Å². The molecule has 0 aromatic carbocycles. The van der Waals surface area contributed by atoms with Crippen LogP contribution in [-0.4, -0.2) is 22.9 Å². The summed E-state index contributed by atoms with van der Waals surface area (Å²) in [5.74, 6) is 0. The van der Waals surface area contributed by atoms with Crippen molar-refractivity contribution in [2.75, 3.05) is 13.2 Å². The Morgan fingerprint density at radius 2 is 0.955 bits per heavy atom. The predicted molar refractivity (Wildman–Crippen MR) is 104 cm³/mol. The second-order valence-corrected chi connectivity index (χ2v) is 8.76. The highest BCUT2D eigenvalue weighted by Gasteiger charge is 2.07. The van der Waals surface area contributed by atoms with Gasteiger partial charge in [-0.1, -0.05) is 110 Å². The lowest BCUT2D eigenvalue weighted by Gasteiger charge is -2.12. The van der Waals surface area contributed by atoms with Crippen LogP contribution in [0.2, 0.25) is 0 Å². The molecule has 0 saturated carbocycles. The zero-order chi connectivity index (χ0) is 16.5. The molecule has 0 amide bonds. The third-order valence-corrected chi connectivity index (χ3v) is 5.27. The highest BCUT2D eigenvalue weighted by Crippen LogP contribution is 2.15. The summed E-state index contributed by atoms with van der Waals surface area (Å²) < 4.78 is 0. The van der Waals surface area contributed by atoms with Crippen molar-refractivity contribution >= 4 is 31.9 Å². The Balaban J connectivity index is 3.28. The zero-order valence-corrected chi connectivity index (χ0v) is 17.8. The van der Waals surface area contributed by atoms with Gasteiger partial charge < -0.3 is 0 Å². The SMILES string of the molecule is CCCCCCCC(Br)COOCC(Br)CCCCCCC. The summed E-state index contributed by atoms with van der Waals surface area (Å²) in [6, 6.07) is 0. The quantitative estimate of drug-likeness (QED) is 0.102. The average Bonchev–Trinajstić information content (AvgIpc) is 2.51. The monoisotopic (exact) mass is 442 g/mol. The van der Waals surface area contributed by atoms with E-state index < -0.39 is 0 Å². The maximum Gasteiger partial charge on any atom is 0.0947 e. The third-order valence-electron chi connectivity index (χ3n) is 3.82. The summed E-state index contributed by atoms with van der Waals surface area (Å²) in [4.78, 5) is 11.5. The fraction of sp³-hybridized carbons (Fsp3) is 1.00. The molecule has 0 fully saturated rings. The molecule has 0 spiro atoms. The molecule has 0 bridgehead atoms. The Hall–Kier alpha value is 0.880. The van der Waals surface area contributed by atoms with Crippen LogP contribution in [0, 0.1) is 0 Å². The van der Waals surface area contributed by atoms with E-state index in [1.165, 1.54) is 77.0 Å². The van der Waals surface area contributed by atoms with E-state index in [2.05, 4.69) is 45.7 Å². The Kier molecular flexibility index (Phi) is 19.0. The molecule has 0 rings (SSSR count). The zero-order valence-electron chi connectivity index (χ0n) is 14.6. The number of rotatable bonds is 17. The van der Waals surface area contributed by atoms with Gasteiger partial charge >= 0.3 is 0 Å². The van der Waals surface area contributed by atoms with Crippen LogP contribution in [-0.2, 0) is 9.78 Å². The summed E-state index contributed by atoms with van der Waals surface area (Å²) in [6.45, 7) is 5.79. The molecule has 2 unspecified atom stereocenters. The van der Waals surface area contributed by atoms with E-state index in [1.54, 1.807) is 0 Å². The Morgan fingerprint density at radius 1 is 0.591 bits per heavy atom. The molecule has 0 aliphatic heterocycles. The molecule has 0 N–H and O–H groups in total. The topological polar surface area (TPSA) is 18.5 Å². The van der Waals surface area contributed by atoms with Gasteiger partial charge in [0.25, 0.3) is 0 Å². The molecular formula is C18H36Br2O2. The minimum atomic E-state index is 0.414. The maximum absolute atomic E-state index is 5.31. The molecule has 0 aliphatic rings. The lowest BCUT2D eigenvalue weighted by Crippen LogP contribution is -2.14. The van der Waals surface area contributed by atoms with Gasteiger partial charge in [-0.05, 0) is 12.8 Å². The molecular weight excluding hydrogens is 408 g/mol. The van der Waals surface area contributed by atoms with Gasteiger partial charge in [0.05, 0.1) is 13.2 Å². The second-order valence-electron chi connectivity index (χ2n) is 6.17. The smallest absolute Gasteiger partial charge is 0.0947 e. The first-order valence-corrected chi connectivity index (χ1v) is 11.1. The van der Waals surface area contributed by atoms with Crippen LogP contribution in [0.3, 0.4) is 0 Å². The molecule has 2 atom stereocenters. The number of hydrogen-bond donors (Lipinski definition) is 0. The van der Waals surface area contributed by atoms with Crippen molar-refractivity contribution in [3.05, 3.63) is 0 Å². The van der Waals surface area contributed by atoms with Crippen molar-refractivity contribution in [2.45, 2.75) is 101 Å². The summed E-state index contributed by atoms with van der Waals surface area (Å²) >= 11 is 7.33. The van der Waals surface area contributed by atoms with Crippen molar-refractivity contribution in [1.29, 1.82) is 0 Å². The normalized spacial score (nSPS) is 14.2. The van der Waals surface area contributed by atoms with Crippen LogP contribution >= 0.6 is 31.9 Å². The van der Waals surface area contributed by atoms with Crippen LogP contribution < -0.4 is 0 Å². The Morgan fingerprint density at radius 3 is 1.32 bits per heavy atom. The molecule has 0 heterocycles. The minimum Gasteiger partial charge on any atom is -0.236 e. The van der Waals surface area contributed by atoms with Gasteiger partial charge in [0, 0.05) is 9.65 Å². The van der Waals surface area contributed by atoms with Crippen molar-refractivity contribution in [3.63, 3.8) is 0 Å². The van der Waals surface area contributed by atoms with Gasteiger partial charge in [-0.3, -0.25) is 0 Å². The molecule has 0 aliphatic carbocycles. The number of halogens is 2. The van der Waals surface area contributed by atoms with Crippen LogP contribution in [0.1, 0.15) is 90.9 Å². The molecule has 0 saturated heterocycles. The Labute approximate surface area is 155 Å². The van der Waals surface area contributed by atoms with Crippen LogP contribution in [0.25, 0.3) is 0 Å². The standard InChI is InChI=1S/C18H36Br2O2/c1-3-5-7-9-11-13-17(19)15-21-22-16-18(20)14-12-10-8-6-4-2/h17-18H,3-16H2,1-2H3. The maximum atomic E-state index is 5.31. The lowest BCUT2D eigenvalue weighted by molar-refractivity contribution is -0.292. The summed E-state index contributed by atoms with van der Waals surface area (Å²) in [5, 5.41) is 0. The molecule has 0 aromatic heterocycles. The fourth-order valence-electron chi connectivity index (χ4n) is 2.35. The molecule has 0 radical (unpaired) electrons. The summed E-state index contributed by atoms with van der Waals surface area (Å²) in [7, 11) is 0. The second kappa shape index (κ2) is 18.2. The van der Waals surface area contributed by atoms with Crippen LogP contribution in [0.4, 0.5) is 0 Å². The molecule has 2 nitrogen and oxygen atoms in total.